The number of carbonyl (C=O) groups is 2. The monoisotopic (exact) mass is 488 g/mol. The number of aryl methyl sites for hydroxylation is 1. The third kappa shape index (κ3) is 5.86. The number of nitrogens with one attached hydrogen (secondary N) is 1. The van der Waals surface area contributed by atoms with Crippen molar-refractivity contribution in [1.29, 1.82) is 0 Å². The van der Waals surface area contributed by atoms with E-state index in [1.54, 1.807) is 43.3 Å². The Morgan fingerprint density at radius 1 is 0.886 bits per heavy atom. The number of halogens is 4. The minimum Gasteiger partial charge on any atom is -0.466 e. The smallest absolute Gasteiger partial charge is 0.436 e. The standard InChI is InChI=1S/C26H24F4N2O3/c1-18-7-6-10-21(15-18)23(33)31-25(24(34)35-2,26(28,29)30)32(16-19-8-4-3-5-9-19)17-20-11-13-22(27)14-12-20/h3-15H,16-17H2,1-2H3,(H,31,33). The molecule has 3 rings (SSSR count). The fourth-order valence-electron chi connectivity index (χ4n) is 3.70. The molecule has 1 unspecified atom stereocenters. The number of carbonyl (C=O) groups excluding carboxylic acids is 2. The number of amides is 1. The van der Waals surface area contributed by atoms with Crippen molar-refractivity contribution in [1.82, 2.24) is 10.2 Å². The molecule has 1 atom stereocenters. The molecule has 184 valence electrons. The van der Waals surface area contributed by atoms with E-state index in [9.17, 15) is 27.2 Å². The molecule has 5 nitrogen and oxygen atoms in total. The number of rotatable bonds is 8. The van der Waals surface area contributed by atoms with Gasteiger partial charge >= 0.3 is 12.1 Å². The van der Waals surface area contributed by atoms with Crippen LogP contribution in [0.4, 0.5) is 17.6 Å². The Labute approximate surface area is 200 Å². The Balaban J connectivity index is 2.15. The maximum atomic E-state index is 14.9. The Hall–Kier alpha value is -3.72. The van der Waals surface area contributed by atoms with Crippen LogP contribution < -0.4 is 5.32 Å². The summed E-state index contributed by atoms with van der Waals surface area (Å²) in [5.74, 6) is -3.37. The molecule has 35 heavy (non-hydrogen) atoms. The number of alkyl halides is 3. The number of hydrogen-bond donors (Lipinski definition) is 1. The molecule has 0 spiro atoms. The Morgan fingerprint density at radius 3 is 2.03 bits per heavy atom. The van der Waals surface area contributed by atoms with Crippen LogP contribution in [0, 0.1) is 12.7 Å². The lowest BCUT2D eigenvalue weighted by atomic mass is 10.0. The zero-order chi connectivity index (χ0) is 25.6. The molecule has 0 saturated carbocycles. The molecule has 0 radical (unpaired) electrons. The van der Waals surface area contributed by atoms with Gasteiger partial charge in [0.05, 0.1) is 7.11 Å². The molecule has 0 saturated heterocycles. The van der Waals surface area contributed by atoms with Crippen molar-refractivity contribution in [2.75, 3.05) is 7.11 Å². The van der Waals surface area contributed by atoms with Gasteiger partial charge < -0.3 is 10.1 Å². The summed E-state index contributed by atoms with van der Waals surface area (Å²) in [6.07, 6.45) is -5.28. The first-order valence-corrected chi connectivity index (χ1v) is 10.6. The Bertz CT molecular complexity index is 1170. The summed E-state index contributed by atoms with van der Waals surface area (Å²) < 4.78 is 62.7. The van der Waals surface area contributed by atoms with Crippen LogP contribution in [-0.2, 0) is 22.6 Å². The molecule has 3 aromatic rings. The van der Waals surface area contributed by atoms with Crippen molar-refractivity contribution in [3.05, 3.63) is 107 Å². The van der Waals surface area contributed by atoms with Crippen molar-refractivity contribution in [2.45, 2.75) is 31.9 Å². The van der Waals surface area contributed by atoms with Crippen LogP contribution in [0.15, 0.2) is 78.9 Å². The molecule has 0 heterocycles. The molecule has 0 aliphatic carbocycles. The third-order valence-corrected chi connectivity index (χ3v) is 5.44. The van der Waals surface area contributed by atoms with Crippen LogP contribution in [0.3, 0.4) is 0 Å². The maximum absolute atomic E-state index is 14.9. The van der Waals surface area contributed by atoms with E-state index in [0.29, 0.717) is 16.7 Å². The van der Waals surface area contributed by atoms with Gasteiger partial charge in [0.2, 0.25) is 0 Å². The van der Waals surface area contributed by atoms with E-state index < -0.39 is 36.1 Å². The van der Waals surface area contributed by atoms with Crippen molar-refractivity contribution in [3.63, 3.8) is 0 Å². The summed E-state index contributed by atoms with van der Waals surface area (Å²) in [4.78, 5) is 26.7. The van der Waals surface area contributed by atoms with E-state index in [-0.39, 0.29) is 12.1 Å². The molecule has 0 aliphatic heterocycles. The lowest BCUT2D eigenvalue weighted by molar-refractivity contribution is -0.249. The minimum atomic E-state index is -5.28. The molecular weight excluding hydrogens is 464 g/mol. The summed E-state index contributed by atoms with van der Waals surface area (Å²) in [5.41, 5.74) is -2.18. The zero-order valence-electron chi connectivity index (χ0n) is 19.1. The fourth-order valence-corrected chi connectivity index (χ4v) is 3.70. The Kier molecular flexibility index (Phi) is 7.91. The first-order chi connectivity index (χ1) is 16.6. The van der Waals surface area contributed by atoms with E-state index in [0.717, 1.165) is 24.1 Å². The van der Waals surface area contributed by atoms with Crippen LogP contribution in [0.1, 0.15) is 27.0 Å². The van der Waals surface area contributed by atoms with Crippen molar-refractivity contribution >= 4 is 11.9 Å². The quantitative estimate of drug-likeness (QED) is 0.276. The average Bonchev–Trinajstić information content (AvgIpc) is 2.82. The van der Waals surface area contributed by atoms with Crippen molar-refractivity contribution in [3.8, 4) is 0 Å². The second kappa shape index (κ2) is 10.7. The van der Waals surface area contributed by atoms with Gasteiger partial charge in [0, 0.05) is 18.7 Å². The molecule has 0 fully saturated rings. The molecule has 1 amide bonds. The summed E-state index contributed by atoms with van der Waals surface area (Å²) in [6.45, 7) is 0.864. The highest BCUT2D eigenvalue weighted by molar-refractivity contribution is 5.98. The van der Waals surface area contributed by atoms with Crippen LogP contribution in [-0.4, -0.2) is 35.7 Å². The fraction of sp³-hybridized carbons (Fsp3) is 0.231. The molecule has 3 aromatic carbocycles. The number of nitrogens with zero attached hydrogens (tertiary/aromatic N) is 1. The summed E-state index contributed by atoms with van der Waals surface area (Å²) in [6, 6.07) is 19.0. The largest absolute Gasteiger partial charge is 0.466 e. The molecule has 0 aliphatic rings. The van der Waals surface area contributed by atoms with Gasteiger partial charge in [-0.2, -0.15) is 13.2 Å². The predicted molar refractivity (Wildman–Crippen MR) is 122 cm³/mol. The third-order valence-electron chi connectivity index (χ3n) is 5.44. The second-order valence-corrected chi connectivity index (χ2v) is 7.99. The van der Waals surface area contributed by atoms with Gasteiger partial charge in [-0.25, -0.2) is 9.18 Å². The first kappa shape index (κ1) is 25.9. The van der Waals surface area contributed by atoms with E-state index >= 15 is 0 Å². The molecule has 0 aromatic heterocycles. The first-order valence-electron chi connectivity index (χ1n) is 10.6. The average molecular weight is 488 g/mol. The molecule has 1 N–H and O–H groups in total. The number of hydrogen-bond acceptors (Lipinski definition) is 4. The number of benzene rings is 3. The van der Waals surface area contributed by atoms with Crippen molar-refractivity contribution in [2.24, 2.45) is 0 Å². The molecule has 0 bridgehead atoms. The van der Waals surface area contributed by atoms with Gasteiger partial charge in [-0.15, -0.1) is 0 Å². The van der Waals surface area contributed by atoms with Gasteiger partial charge in [-0.3, -0.25) is 9.69 Å². The van der Waals surface area contributed by atoms with Gasteiger partial charge in [0.1, 0.15) is 5.82 Å². The van der Waals surface area contributed by atoms with E-state index in [2.05, 4.69) is 4.74 Å². The predicted octanol–water partition coefficient (Wildman–Crippen LogP) is 5.00. The van der Waals surface area contributed by atoms with Crippen LogP contribution >= 0.6 is 0 Å². The lowest BCUT2D eigenvalue weighted by Crippen LogP contribution is -2.73. The van der Waals surface area contributed by atoms with Gasteiger partial charge in [0.15, 0.2) is 0 Å². The zero-order valence-corrected chi connectivity index (χ0v) is 19.1. The van der Waals surface area contributed by atoms with E-state index in [1.807, 2.05) is 5.32 Å². The number of esters is 1. The highest BCUT2D eigenvalue weighted by Crippen LogP contribution is 2.37. The highest BCUT2D eigenvalue weighted by atomic mass is 19.4. The summed E-state index contributed by atoms with van der Waals surface area (Å²) in [7, 11) is 0.820. The summed E-state index contributed by atoms with van der Waals surface area (Å²) >= 11 is 0. The van der Waals surface area contributed by atoms with Crippen LogP contribution in [0.5, 0.6) is 0 Å². The highest BCUT2D eigenvalue weighted by Gasteiger charge is 2.66. The topological polar surface area (TPSA) is 58.6 Å². The van der Waals surface area contributed by atoms with Gasteiger partial charge in [-0.1, -0.05) is 60.2 Å². The SMILES string of the molecule is COC(=O)C(NC(=O)c1cccc(C)c1)(N(Cc1ccccc1)Cc1ccc(F)cc1)C(F)(F)F. The van der Waals surface area contributed by atoms with E-state index in [1.165, 1.54) is 30.3 Å². The van der Waals surface area contributed by atoms with E-state index in [4.69, 9.17) is 0 Å². The summed E-state index contributed by atoms with van der Waals surface area (Å²) in [5, 5.41) is 1.93. The molecular formula is C26H24F4N2O3. The van der Waals surface area contributed by atoms with Gasteiger partial charge in [-0.05, 0) is 42.3 Å². The molecule has 9 heteroatoms. The minimum absolute atomic E-state index is 0.0519. The normalized spacial score (nSPS) is 13.2. The lowest BCUT2D eigenvalue weighted by Gasteiger charge is -2.42. The second-order valence-electron chi connectivity index (χ2n) is 7.99. The van der Waals surface area contributed by atoms with Crippen LogP contribution in [0.25, 0.3) is 0 Å². The maximum Gasteiger partial charge on any atom is 0.436 e. The Morgan fingerprint density at radius 2 is 1.49 bits per heavy atom. The van der Waals surface area contributed by atoms with Gasteiger partial charge in [0.25, 0.3) is 11.6 Å². The van der Waals surface area contributed by atoms with Crippen LogP contribution in [0.2, 0.25) is 0 Å². The number of methoxy groups -OCH3 is 1. The number of ether oxygens (including phenoxy) is 1. The van der Waals surface area contributed by atoms with Crippen molar-refractivity contribution < 1.29 is 31.9 Å².